The van der Waals surface area contributed by atoms with Crippen LogP contribution < -0.4 is 15.8 Å². The Balaban J connectivity index is 1.87. The summed E-state index contributed by atoms with van der Waals surface area (Å²) < 4.78 is 38.0. The van der Waals surface area contributed by atoms with Crippen LogP contribution in [0, 0.1) is 0 Å². The van der Waals surface area contributed by atoms with E-state index in [1.54, 1.807) is 19.1 Å². The largest absolute Gasteiger partial charge is 0.467 e. The second-order valence-corrected chi connectivity index (χ2v) is 8.63. The van der Waals surface area contributed by atoms with Crippen molar-refractivity contribution in [2.24, 2.45) is 5.14 Å². The highest BCUT2D eigenvalue weighted by Crippen LogP contribution is 2.28. The van der Waals surface area contributed by atoms with Crippen LogP contribution in [0.4, 0.5) is 4.79 Å². The molecule has 0 fully saturated rings. The van der Waals surface area contributed by atoms with E-state index < -0.39 is 40.6 Å². The summed E-state index contributed by atoms with van der Waals surface area (Å²) in [6.07, 6.45) is 1.38. The molecule has 13 heteroatoms. The minimum Gasteiger partial charge on any atom is -0.467 e. The number of carbonyl (C=O) groups excluding carboxylic acids is 3. The van der Waals surface area contributed by atoms with Gasteiger partial charge in [-0.2, -0.15) is 0 Å². The second kappa shape index (κ2) is 8.69. The SMILES string of the molecule is CCOC(=O)C1=C(COC(=O)c2csc(S(N)(=O)=O)c2)NC(=O)NC1c1ccco1. The molecular formula is C17H17N3O8S2. The summed E-state index contributed by atoms with van der Waals surface area (Å²) in [5.74, 6) is -1.31. The van der Waals surface area contributed by atoms with Crippen molar-refractivity contribution in [1.82, 2.24) is 10.6 Å². The molecule has 0 saturated heterocycles. The van der Waals surface area contributed by atoms with Crippen molar-refractivity contribution in [3.05, 3.63) is 52.4 Å². The molecule has 160 valence electrons. The van der Waals surface area contributed by atoms with Gasteiger partial charge in [-0.15, -0.1) is 11.3 Å². The molecule has 1 unspecified atom stereocenters. The number of esters is 2. The summed E-state index contributed by atoms with van der Waals surface area (Å²) in [5, 5.41) is 11.3. The Morgan fingerprint density at radius 1 is 1.30 bits per heavy atom. The number of urea groups is 1. The van der Waals surface area contributed by atoms with Crippen molar-refractivity contribution >= 4 is 39.3 Å². The summed E-state index contributed by atoms with van der Waals surface area (Å²) in [6.45, 7) is 1.23. The molecule has 3 rings (SSSR count). The van der Waals surface area contributed by atoms with Crippen molar-refractivity contribution in [3.8, 4) is 0 Å². The summed E-state index contributed by atoms with van der Waals surface area (Å²) in [4.78, 5) is 36.9. The molecule has 4 N–H and O–H groups in total. The van der Waals surface area contributed by atoms with Gasteiger partial charge in [0.1, 0.15) is 22.6 Å². The molecule has 0 spiro atoms. The standard InChI is InChI=1S/C17H17N3O8S2/c1-2-26-16(22)13-10(19-17(23)20-14(13)11-4-3-5-27-11)7-28-15(21)9-6-12(29-8-9)30(18,24)25/h3-6,8,14H,2,7H2,1H3,(H2,18,24,25)(H2,19,20,23). The van der Waals surface area contributed by atoms with Gasteiger partial charge in [-0.25, -0.2) is 27.9 Å². The summed E-state index contributed by atoms with van der Waals surface area (Å²) >= 11 is 0.765. The van der Waals surface area contributed by atoms with E-state index in [1.807, 2.05) is 0 Å². The first kappa shape index (κ1) is 21.5. The molecule has 0 aromatic carbocycles. The van der Waals surface area contributed by atoms with Gasteiger partial charge in [0.05, 0.1) is 29.7 Å². The summed E-state index contributed by atoms with van der Waals surface area (Å²) in [7, 11) is -3.95. The highest BCUT2D eigenvalue weighted by Gasteiger charge is 2.35. The van der Waals surface area contributed by atoms with Crippen molar-refractivity contribution in [2.45, 2.75) is 17.2 Å². The van der Waals surface area contributed by atoms with E-state index in [1.165, 1.54) is 11.6 Å². The van der Waals surface area contributed by atoms with Crippen LogP contribution in [0.3, 0.4) is 0 Å². The normalized spacial score (nSPS) is 16.6. The third kappa shape index (κ3) is 4.69. The van der Waals surface area contributed by atoms with E-state index in [4.69, 9.17) is 19.0 Å². The number of nitrogens with one attached hydrogen (secondary N) is 2. The lowest BCUT2D eigenvalue weighted by atomic mass is 10.0. The highest BCUT2D eigenvalue weighted by atomic mass is 32.2. The topological polar surface area (TPSA) is 167 Å². The van der Waals surface area contributed by atoms with Gasteiger partial charge in [0, 0.05) is 5.38 Å². The first-order valence-corrected chi connectivity index (χ1v) is 10.9. The van der Waals surface area contributed by atoms with E-state index in [0.717, 1.165) is 17.4 Å². The zero-order valence-corrected chi connectivity index (χ0v) is 17.2. The van der Waals surface area contributed by atoms with Crippen LogP contribution in [0.25, 0.3) is 0 Å². The molecule has 2 aromatic rings. The summed E-state index contributed by atoms with van der Waals surface area (Å²) in [6, 6.07) is 2.65. The minimum atomic E-state index is -3.95. The van der Waals surface area contributed by atoms with Gasteiger partial charge >= 0.3 is 18.0 Å². The Bertz CT molecular complexity index is 1100. The van der Waals surface area contributed by atoms with Crippen LogP contribution in [0.15, 0.2) is 49.7 Å². The van der Waals surface area contributed by atoms with E-state index >= 15 is 0 Å². The van der Waals surface area contributed by atoms with Crippen LogP contribution in [0.1, 0.15) is 29.1 Å². The Morgan fingerprint density at radius 3 is 2.67 bits per heavy atom. The van der Waals surface area contributed by atoms with Crippen LogP contribution in [-0.2, 0) is 24.3 Å². The number of sulfonamides is 1. The Morgan fingerprint density at radius 2 is 2.07 bits per heavy atom. The molecule has 2 aromatic heterocycles. The van der Waals surface area contributed by atoms with Crippen LogP contribution in [-0.4, -0.2) is 39.6 Å². The molecule has 0 bridgehead atoms. The molecule has 1 aliphatic heterocycles. The fraction of sp³-hybridized carbons (Fsp3) is 0.235. The predicted molar refractivity (Wildman–Crippen MR) is 103 cm³/mol. The second-order valence-electron chi connectivity index (χ2n) is 5.94. The van der Waals surface area contributed by atoms with Gasteiger partial charge < -0.3 is 24.5 Å². The van der Waals surface area contributed by atoms with Gasteiger partial charge in [0.2, 0.25) is 10.0 Å². The molecule has 3 heterocycles. The molecule has 30 heavy (non-hydrogen) atoms. The molecule has 0 aliphatic carbocycles. The number of ether oxygens (including phenoxy) is 2. The van der Waals surface area contributed by atoms with Gasteiger partial charge in [-0.1, -0.05) is 0 Å². The zero-order chi connectivity index (χ0) is 21.9. The molecule has 0 saturated carbocycles. The fourth-order valence-corrected chi connectivity index (χ4v) is 4.22. The average Bonchev–Trinajstić information content (AvgIpc) is 3.37. The number of rotatable bonds is 7. The number of carbonyl (C=O) groups is 3. The van der Waals surface area contributed by atoms with E-state index in [0.29, 0.717) is 0 Å². The number of amides is 2. The molecule has 0 radical (unpaired) electrons. The molecule has 1 atom stereocenters. The number of furan rings is 1. The van der Waals surface area contributed by atoms with Gasteiger partial charge in [-0.05, 0) is 25.1 Å². The number of primary sulfonamides is 1. The minimum absolute atomic E-state index is 0.00819. The van der Waals surface area contributed by atoms with Crippen molar-refractivity contribution in [1.29, 1.82) is 0 Å². The van der Waals surface area contributed by atoms with Gasteiger partial charge in [-0.3, -0.25) is 0 Å². The monoisotopic (exact) mass is 455 g/mol. The van der Waals surface area contributed by atoms with Crippen LogP contribution >= 0.6 is 11.3 Å². The average molecular weight is 455 g/mol. The maximum Gasteiger partial charge on any atom is 0.339 e. The fourth-order valence-electron chi connectivity index (χ4n) is 2.64. The maximum atomic E-state index is 12.5. The van der Waals surface area contributed by atoms with Crippen molar-refractivity contribution in [3.63, 3.8) is 0 Å². The Kier molecular flexibility index (Phi) is 6.24. The first-order chi connectivity index (χ1) is 14.2. The first-order valence-electron chi connectivity index (χ1n) is 8.50. The van der Waals surface area contributed by atoms with Gasteiger partial charge in [0.25, 0.3) is 0 Å². The van der Waals surface area contributed by atoms with Gasteiger partial charge in [0.15, 0.2) is 0 Å². The molecule has 1 aliphatic rings. The molecule has 11 nitrogen and oxygen atoms in total. The van der Waals surface area contributed by atoms with E-state index in [9.17, 15) is 22.8 Å². The van der Waals surface area contributed by atoms with Crippen molar-refractivity contribution in [2.75, 3.05) is 13.2 Å². The summed E-state index contributed by atoms with van der Waals surface area (Å²) in [5.41, 5.74) is -0.0197. The predicted octanol–water partition coefficient (Wildman–Crippen LogP) is 1.02. The number of hydrogen-bond acceptors (Lipinski definition) is 9. The number of hydrogen-bond donors (Lipinski definition) is 3. The molecular weight excluding hydrogens is 438 g/mol. The third-order valence-electron chi connectivity index (χ3n) is 3.92. The lowest BCUT2D eigenvalue weighted by molar-refractivity contribution is -0.139. The molecule has 2 amide bonds. The van der Waals surface area contributed by atoms with Crippen molar-refractivity contribution < 1.29 is 36.7 Å². The quantitative estimate of drug-likeness (QED) is 0.520. The van der Waals surface area contributed by atoms with Crippen LogP contribution in [0.2, 0.25) is 0 Å². The third-order valence-corrected chi connectivity index (χ3v) is 6.30. The zero-order valence-electron chi connectivity index (χ0n) is 15.5. The smallest absolute Gasteiger partial charge is 0.339 e. The lowest BCUT2D eigenvalue weighted by Crippen LogP contribution is -2.47. The lowest BCUT2D eigenvalue weighted by Gasteiger charge is -2.27. The Labute approximate surface area is 174 Å². The van der Waals surface area contributed by atoms with E-state index in [-0.39, 0.29) is 33.4 Å². The number of nitrogens with two attached hydrogens (primary N) is 1. The maximum absolute atomic E-state index is 12.5. The number of thiophene rings is 1. The van der Waals surface area contributed by atoms with Crippen LogP contribution in [0.5, 0.6) is 0 Å². The Hall–Kier alpha value is -3.16. The van der Waals surface area contributed by atoms with E-state index in [2.05, 4.69) is 10.6 Å². The highest BCUT2D eigenvalue weighted by molar-refractivity contribution is 7.91.